The van der Waals surface area contributed by atoms with E-state index in [0.717, 1.165) is 42.0 Å². The lowest BCUT2D eigenvalue weighted by Crippen LogP contribution is -2.06. The first-order valence-electron chi connectivity index (χ1n) is 10.5. The summed E-state index contributed by atoms with van der Waals surface area (Å²) in [4.78, 5) is 15.8. The minimum absolute atomic E-state index is 0.276. The van der Waals surface area contributed by atoms with Crippen LogP contribution in [-0.4, -0.2) is 20.6 Å². The highest BCUT2D eigenvalue weighted by Gasteiger charge is 2.12. The van der Waals surface area contributed by atoms with Gasteiger partial charge in [-0.2, -0.15) is 0 Å². The Kier molecular flexibility index (Phi) is 6.03. The molecule has 4 rings (SSSR count). The molecule has 4 aromatic rings. The van der Waals surface area contributed by atoms with Gasteiger partial charge in [-0.25, -0.2) is 9.78 Å². The minimum atomic E-state index is -0.925. The number of hydrogen-bond acceptors (Lipinski definition) is 3. The molecular formula is C26H26N2O3. The molecule has 0 amide bonds. The van der Waals surface area contributed by atoms with E-state index >= 15 is 0 Å². The Morgan fingerprint density at radius 3 is 2.39 bits per heavy atom. The van der Waals surface area contributed by atoms with Gasteiger partial charge in [0.2, 0.25) is 0 Å². The summed E-state index contributed by atoms with van der Waals surface area (Å²) in [6.45, 7) is 5.48. The van der Waals surface area contributed by atoms with Crippen molar-refractivity contribution in [3.63, 3.8) is 0 Å². The Balaban J connectivity index is 1.47. The number of carboxylic acids is 1. The van der Waals surface area contributed by atoms with Crippen molar-refractivity contribution >= 4 is 17.0 Å². The number of ether oxygens (including phenoxy) is 1. The van der Waals surface area contributed by atoms with Gasteiger partial charge in [0.05, 0.1) is 16.6 Å². The van der Waals surface area contributed by atoms with Crippen LogP contribution in [0.4, 0.5) is 0 Å². The van der Waals surface area contributed by atoms with Gasteiger partial charge in [-0.15, -0.1) is 0 Å². The highest BCUT2D eigenvalue weighted by molar-refractivity contribution is 5.87. The lowest BCUT2D eigenvalue weighted by Gasteiger charge is -2.12. The Bertz CT molecular complexity index is 1190. The average molecular weight is 415 g/mol. The van der Waals surface area contributed by atoms with Gasteiger partial charge in [-0.1, -0.05) is 43.3 Å². The van der Waals surface area contributed by atoms with Gasteiger partial charge in [0, 0.05) is 13.0 Å². The first kappa shape index (κ1) is 20.7. The summed E-state index contributed by atoms with van der Waals surface area (Å²) in [7, 11) is 0. The summed E-state index contributed by atoms with van der Waals surface area (Å²) < 4.78 is 8.20. The molecule has 0 spiro atoms. The molecule has 158 valence electrons. The van der Waals surface area contributed by atoms with Crippen molar-refractivity contribution in [1.29, 1.82) is 0 Å². The smallest absolute Gasteiger partial charge is 0.335 e. The van der Waals surface area contributed by atoms with Gasteiger partial charge in [0.25, 0.3) is 0 Å². The van der Waals surface area contributed by atoms with Crippen molar-refractivity contribution in [3.05, 3.63) is 94.8 Å². The summed E-state index contributed by atoms with van der Waals surface area (Å²) in [5.74, 6) is 0.981. The Labute approximate surface area is 181 Å². The molecule has 0 radical (unpaired) electrons. The molecule has 0 aliphatic heterocycles. The van der Waals surface area contributed by atoms with E-state index < -0.39 is 5.97 Å². The van der Waals surface area contributed by atoms with Crippen molar-refractivity contribution in [1.82, 2.24) is 9.55 Å². The van der Waals surface area contributed by atoms with Crippen LogP contribution in [0.25, 0.3) is 11.0 Å². The molecule has 0 bridgehead atoms. The number of aromatic nitrogens is 2. The van der Waals surface area contributed by atoms with Crippen LogP contribution in [0.2, 0.25) is 0 Å². The van der Waals surface area contributed by atoms with Crippen LogP contribution in [0, 0.1) is 6.92 Å². The predicted molar refractivity (Wildman–Crippen MR) is 122 cm³/mol. The maximum Gasteiger partial charge on any atom is 0.335 e. The molecule has 0 atom stereocenters. The normalized spacial score (nSPS) is 11.0. The van der Waals surface area contributed by atoms with Gasteiger partial charge in [-0.3, -0.25) is 0 Å². The number of carboxylic acid groups (broad SMARTS) is 1. The van der Waals surface area contributed by atoms with Crippen molar-refractivity contribution < 1.29 is 14.6 Å². The van der Waals surface area contributed by atoms with Crippen LogP contribution in [0.15, 0.2) is 66.7 Å². The SMILES string of the molecule is CCCc1nc2cccc(C)c2n1Cc1ccc(OCc2ccc(C(=O)O)cc2)cc1. The predicted octanol–water partition coefficient (Wildman–Crippen LogP) is 5.62. The molecule has 0 aliphatic rings. The molecule has 0 unspecified atom stereocenters. The average Bonchev–Trinajstić information content (AvgIpc) is 3.12. The number of para-hydroxylation sites is 1. The zero-order chi connectivity index (χ0) is 21.8. The van der Waals surface area contributed by atoms with E-state index in [2.05, 4.69) is 48.7 Å². The quantitative estimate of drug-likeness (QED) is 0.406. The Morgan fingerprint density at radius 1 is 1.00 bits per heavy atom. The number of aromatic carboxylic acids is 1. The van der Waals surface area contributed by atoms with E-state index in [4.69, 9.17) is 14.8 Å². The van der Waals surface area contributed by atoms with Crippen LogP contribution < -0.4 is 4.74 Å². The van der Waals surface area contributed by atoms with Gasteiger partial charge in [-0.05, 0) is 60.4 Å². The molecular weight excluding hydrogens is 388 g/mol. The first-order chi connectivity index (χ1) is 15.0. The zero-order valence-electron chi connectivity index (χ0n) is 17.8. The molecule has 0 saturated heterocycles. The molecule has 3 aromatic carbocycles. The molecule has 0 aliphatic carbocycles. The number of nitrogens with zero attached hydrogens (tertiary/aromatic N) is 2. The van der Waals surface area contributed by atoms with E-state index in [1.54, 1.807) is 24.3 Å². The second kappa shape index (κ2) is 9.04. The summed E-state index contributed by atoms with van der Waals surface area (Å²) >= 11 is 0. The van der Waals surface area contributed by atoms with Gasteiger partial charge >= 0.3 is 5.97 Å². The highest BCUT2D eigenvalue weighted by Crippen LogP contribution is 2.23. The number of rotatable bonds is 8. The molecule has 1 aromatic heterocycles. The fourth-order valence-corrected chi connectivity index (χ4v) is 3.78. The largest absolute Gasteiger partial charge is 0.489 e. The maximum atomic E-state index is 10.9. The molecule has 0 saturated carbocycles. The monoisotopic (exact) mass is 414 g/mol. The highest BCUT2D eigenvalue weighted by atomic mass is 16.5. The number of benzene rings is 3. The first-order valence-corrected chi connectivity index (χ1v) is 10.5. The summed E-state index contributed by atoms with van der Waals surface area (Å²) in [6, 6.07) is 21.1. The number of carbonyl (C=O) groups is 1. The third-order valence-corrected chi connectivity index (χ3v) is 5.39. The van der Waals surface area contributed by atoms with Crippen LogP contribution in [0.5, 0.6) is 5.75 Å². The maximum absolute atomic E-state index is 10.9. The van der Waals surface area contributed by atoms with Crippen LogP contribution in [-0.2, 0) is 19.6 Å². The molecule has 1 N–H and O–H groups in total. The Hall–Kier alpha value is -3.60. The molecule has 5 heteroatoms. The molecule has 5 nitrogen and oxygen atoms in total. The second-order valence-electron chi connectivity index (χ2n) is 7.74. The van der Waals surface area contributed by atoms with Crippen molar-refractivity contribution in [2.24, 2.45) is 0 Å². The molecule has 1 heterocycles. The summed E-state index contributed by atoms with van der Waals surface area (Å²) in [5, 5.41) is 8.99. The zero-order valence-corrected chi connectivity index (χ0v) is 17.8. The van der Waals surface area contributed by atoms with Gasteiger partial charge < -0.3 is 14.4 Å². The summed E-state index contributed by atoms with van der Waals surface area (Å²) in [6.07, 6.45) is 2.01. The number of fused-ring (bicyclic) bond motifs is 1. The summed E-state index contributed by atoms with van der Waals surface area (Å²) in [5.41, 5.74) is 5.89. The van der Waals surface area contributed by atoms with E-state index in [0.29, 0.717) is 6.61 Å². The number of imidazole rings is 1. The topological polar surface area (TPSA) is 64.4 Å². The standard InChI is InChI=1S/C26H26N2O3/c1-3-5-24-27-23-7-4-6-18(2)25(23)28(24)16-19-10-14-22(15-11-19)31-17-20-8-12-21(13-9-20)26(29)30/h4,6-15H,3,5,16-17H2,1-2H3,(H,29,30). The van der Waals surface area contributed by atoms with E-state index in [9.17, 15) is 4.79 Å². The van der Waals surface area contributed by atoms with E-state index in [1.807, 2.05) is 12.1 Å². The molecule has 0 fully saturated rings. The lowest BCUT2D eigenvalue weighted by atomic mass is 10.1. The van der Waals surface area contributed by atoms with E-state index in [1.165, 1.54) is 16.6 Å². The van der Waals surface area contributed by atoms with Crippen LogP contribution >= 0.6 is 0 Å². The fraction of sp³-hybridized carbons (Fsp3) is 0.231. The van der Waals surface area contributed by atoms with Crippen molar-refractivity contribution in [2.75, 3.05) is 0 Å². The van der Waals surface area contributed by atoms with Crippen molar-refractivity contribution in [3.8, 4) is 5.75 Å². The van der Waals surface area contributed by atoms with E-state index in [-0.39, 0.29) is 5.56 Å². The second-order valence-corrected chi connectivity index (χ2v) is 7.74. The fourth-order valence-electron chi connectivity index (χ4n) is 3.78. The minimum Gasteiger partial charge on any atom is -0.489 e. The number of aryl methyl sites for hydroxylation is 2. The third-order valence-electron chi connectivity index (χ3n) is 5.39. The van der Waals surface area contributed by atoms with Gasteiger partial charge in [0.15, 0.2) is 0 Å². The number of hydrogen-bond donors (Lipinski definition) is 1. The Morgan fingerprint density at radius 2 is 1.71 bits per heavy atom. The van der Waals surface area contributed by atoms with Crippen molar-refractivity contribution in [2.45, 2.75) is 39.8 Å². The van der Waals surface area contributed by atoms with Gasteiger partial charge in [0.1, 0.15) is 18.2 Å². The lowest BCUT2D eigenvalue weighted by molar-refractivity contribution is 0.0697. The van der Waals surface area contributed by atoms with Crippen LogP contribution in [0.1, 0.15) is 46.2 Å². The van der Waals surface area contributed by atoms with Crippen LogP contribution in [0.3, 0.4) is 0 Å². The molecule has 31 heavy (non-hydrogen) atoms. The third kappa shape index (κ3) is 4.61.